The molecule has 0 unspecified atom stereocenters. The lowest BCUT2D eigenvalue weighted by molar-refractivity contribution is -0.141. The average molecular weight is 589 g/mol. The van der Waals surface area contributed by atoms with Crippen molar-refractivity contribution >= 4 is 50.7 Å². The molecule has 210 valence electrons. The summed E-state index contributed by atoms with van der Waals surface area (Å²) in [5.41, 5.74) is 0.125. The highest BCUT2D eigenvalue weighted by atomic mass is 35.5. The molecule has 9 nitrogen and oxygen atoms in total. The van der Waals surface area contributed by atoms with Crippen LogP contribution in [0.5, 0.6) is 11.5 Å². The first-order valence-electron chi connectivity index (χ1n) is 11.9. The number of amides is 2. The zero-order valence-electron chi connectivity index (χ0n) is 22.7. The first-order chi connectivity index (χ1) is 17.6. The summed E-state index contributed by atoms with van der Waals surface area (Å²) in [7, 11) is -1.13. The molecule has 1 atom stereocenters. The molecule has 0 aliphatic rings. The Bertz CT molecular complexity index is 1260. The van der Waals surface area contributed by atoms with Crippen LogP contribution in [0.2, 0.25) is 10.0 Å². The molecule has 0 saturated carbocycles. The van der Waals surface area contributed by atoms with Crippen LogP contribution in [-0.4, -0.2) is 63.7 Å². The van der Waals surface area contributed by atoms with Gasteiger partial charge in [0.1, 0.15) is 24.1 Å². The fourth-order valence-corrected chi connectivity index (χ4v) is 5.11. The van der Waals surface area contributed by atoms with Crippen LogP contribution in [0.25, 0.3) is 0 Å². The van der Waals surface area contributed by atoms with Crippen LogP contribution in [0.3, 0.4) is 0 Å². The monoisotopic (exact) mass is 587 g/mol. The first-order valence-corrected chi connectivity index (χ1v) is 14.5. The Labute approximate surface area is 235 Å². The van der Waals surface area contributed by atoms with E-state index < -0.39 is 34.1 Å². The van der Waals surface area contributed by atoms with E-state index in [4.69, 9.17) is 32.7 Å². The van der Waals surface area contributed by atoms with Crippen molar-refractivity contribution < 1.29 is 27.5 Å². The number of nitrogens with one attached hydrogen (secondary N) is 1. The predicted octanol–water partition coefficient (Wildman–Crippen LogP) is 4.50. The Morgan fingerprint density at radius 3 is 2.21 bits per heavy atom. The summed E-state index contributed by atoms with van der Waals surface area (Å²) in [6, 6.07) is 8.57. The van der Waals surface area contributed by atoms with Gasteiger partial charge in [-0.15, -0.1) is 0 Å². The van der Waals surface area contributed by atoms with E-state index in [1.54, 1.807) is 37.3 Å². The molecule has 2 aromatic carbocycles. The van der Waals surface area contributed by atoms with Gasteiger partial charge in [0, 0.05) is 28.2 Å². The van der Waals surface area contributed by atoms with E-state index in [9.17, 15) is 18.0 Å². The molecule has 0 saturated heterocycles. The van der Waals surface area contributed by atoms with Crippen molar-refractivity contribution in [2.45, 2.75) is 52.2 Å². The molecule has 0 aliphatic heterocycles. The second-order valence-corrected chi connectivity index (χ2v) is 12.5. The number of nitrogens with zero attached hydrogens (tertiary/aromatic N) is 2. The molecule has 0 fully saturated rings. The van der Waals surface area contributed by atoms with Crippen molar-refractivity contribution in [2.24, 2.45) is 0 Å². The van der Waals surface area contributed by atoms with E-state index >= 15 is 0 Å². The second kappa shape index (κ2) is 12.9. The van der Waals surface area contributed by atoms with Crippen molar-refractivity contribution in [3.8, 4) is 11.5 Å². The lowest BCUT2D eigenvalue weighted by Gasteiger charge is -2.35. The summed E-state index contributed by atoms with van der Waals surface area (Å²) in [4.78, 5) is 28.5. The van der Waals surface area contributed by atoms with Gasteiger partial charge in [-0.1, -0.05) is 36.2 Å². The predicted molar refractivity (Wildman–Crippen MR) is 151 cm³/mol. The first kappa shape index (κ1) is 31.5. The quantitative estimate of drug-likeness (QED) is 0.415. The van der Waals surface area contributed by atoms with Gasteiger partial charge < -0.3 is 19.7 Å². The third kappa shape index (κ3) is 8.41. The van der Waals surface area contributed by atoms with Crippen molar-refractivity contribution in [3.63, 3.8) is 0 Å². The number of sulfonamides is 1. The standard InChI is InChI=1S/C26H35Cl2N3O6S/c1-8-21(25(33)29-26(2,3)4)30(15-17-9-10-18(27)13-20(17)28)24(32)16-31(38(7,34)35)22-14-19(36-5)11-12-23(22)37-6/h9-14,21H,8,15-16H2,1-7H3,(H,29,33)/t21-/m0/s1. The van der Waals surface area contributed by atoms with Crippen molar-refractivity contribution in [3.05, 3.63) is 52.0 Å². The molecule has 2 amide bonds. The lowest BCUT2D eigenvalue weighted by atomic mass is 10.1. The lowest BCUT2D eigenvalue weighted by Crippen LogP contribution is -2.55. The van der Waals surface area contributed by atoms with Crippen LogP contribution in [0.4, 0.5) is 5.69 Å². The minimum atomic E-state index is -3.97. The van der Waals surface area contributed by atoms with Gasteiger partial charge >= 0.3 is 0 Å². The van der Waals surface area contributed by atoms with Crippen LogP contribution in [0, 0.1) is 0 Å². The van der Waals surface area contributed by atoms with Crippen LogP contribution < -0.4 is 19.1 Å². The summed E-state index contributed by atoms with van der Waals surface area (Å²) < 4.78 is 37.4. The number of rotatable bonds is 11. The smallest absolute Gasteiger partial charge is 0.244 e. The third-order valence-electron chi connectivity index (χ3n) is 5.57. The minimum Gasteiger partial charge on any atom is -0.497 e. The average Bonchev–Trinajstić information content (AvgIpc) is 2.81. The summed E-state index contributed by atoms with van der Waals surface area (Å²) in [6.07, 6.45) is 1.27. The minimum absolute atomic E-state index is 0.0439. The van der Waals surface area contributed by atoms with Crippen LogP contribution in [0.1, 0.15) is 39.7 Å². The molecule has 0 spiro atoms. The zero-order valence-corrected chi connectivity index (χ0v) is 25.0. The molecular weight excluding hydrogens is 553 g/mol. The van der Waals surface area contributed by atoms with Crippen LogP contribution >= 0.6 is 23.2 Å². The Hall–Kier alpha value is -2.69. The van der Waals surface area contributed by atoms with Gasteiger partial charge in [-0.2, -0.15) is 0 Å². The number of benzene rings is 2. The third-order valence-corrected chi connectivity index (χ3v) is 7.29. The highest BCUT2D eigenvalue weighted by molar-refractivity contribution is 7.92. The maximum absolute atomic E-state index is 13.9. The van der Waals surface area contributed by atoms with Gasteiger partial charge in [-0.05, 0) is 57.0 Å². The van der Waals surface area contributed by atoms with Crippen molar-refractivity contribution in [1.82, 2.24) is 10.2 Å². The van der Waals surface area contributed by atoms with E-state index in [0.717, 1.165) is 10.6 Å². The number of hydrogen-bond acceptors (Lipinski definition) is 6. The number of carbonyl (C=O) groups excluding carboxylic acids is 2. The van der Waals surface area contributed by atoms with Gasteiger partial charge in [0.15, 0.2) is 0 Å². The molecule has 0 aromatic heterocycles. The normalized spacial score (nSPS) is 12.4. The SMILES string of the molecule is CC[C@@H](C(=O)NC(C)(C)C)N(Cc1ccc(Cl)cc1Cl)C(=O)CN(c1cc(OC)ccc1OC)S(C)(=O)=O. The summed E-state index contributed by atoms with van der Waals surface area (Å²) in [5.74, 6) is -0.373. The van der Waals surface area contributed by atoms with E-state index in [1.165, 1.54) is 25.2 Å². The van der Waals surface area contributed by atoms with Crippen molar-refractivity contribution in [1.29, 1.82) is 0 Å². The molecular formula is C26H35Cl2N3O6S. The molecule has 1 N–H and O–H groups in total. The molecule has 0 aliphatic carbocycles. The highest BCUT2D eigenvalue weighted by Gasteiger charge is 2.34. The summed E-state index contributed by atoms with van der Waals surface area (Å²) in [5, 5.41) is 3.64. The molecule has 0 heterocycles. The molecule has 12 heteroatoms. The number of halogens is 2. The Kier molecular flexibility index (Phi) is 10.7. The molecule has 0 bridgehead atoms. The van der Waals surface area contributed by atoms with Gasteiger partial charge in [-0.3, -0.25) is 13.9 Å². The fraction of sp³-hybridized carbons (Fsp3) is 0.462. The Balaban J connectivity index is 2.58. The Morgan fingerprint density at radius 2 is 1.71 bits per heavy atom. The summed E-state index contributed by atoms with van der Waals surface area (Å²) in [6.45, 7) is 6.64. The van der Waals surface area contributed by atoms with E-state index in [2.05, 4.69) is 5.32 Å². The van der Waals surface area contributed by atoms with E-state index in [1.807, 2.05) is 20.8 Å². The van der Waals surface area contributed by atoms with E-state index in [0.29, 0.717) is 21.4 Å². The number of methoxy groups -OCH3 is 2. The van der Waals surface area contributed by atoms with Gasteiger partial charge in [0.2, 0.25) is 21.8 Å². The number of ether oxygens (including phenoxy) is 2. The van der Waals surface area contributed by atoms with Crippen LogP contribution in [0.15, 0.2) is 36.4 Å². The topological polar surface area (TPSA) is 105 Å². The Morgan fingerprint density at radius 1 is 1.05 bits per heavy atom. The summed E-state index contributed by atoms with van der Waals surface area (Å²) >= 11 is 12.4. The largest absolute Gasteiger partial charge is 0.497 e. The van der Waals surface area contributed by atoms with Crippen molar-refractivity contribution in [2.75, 3.05) is 31.3 Å². The van der Waals surface area contributed by atoms with Gasteiger partial charge in [-0.25, -0.2) is 8.42 Å². The molecule has 2 rings (SSSR count). The van der Waals surface area contributed by atoms with Gasteiger partial charge in [0.05, 0.1) is 26.2 Å². The van der Waals surface area contributed by atoms with Gasteiger partial charge in [0.25, 0.3) is 0 Å². The molecule has 2 aromatic rings. The highest BCUT2D eigenvalue weighted by Crippen LogP contribution is 2.34. The number of anilines is 1. The molecule has 0 radical (unpaired) electrons. The maximum Gasteiger partial charge on any atom is 0.244 e. The van der Waals surface area contributed by atoms with E-state index in [-0.39, 0.29) is 30.3 Å². The van der Waals surface area contributed by atoms with Crippen LogP contribution in [-0.2, 0) is 26.2 Å². The molecule has 38 heavy (non-hydrogen) atoms. The number of hydrogen-bond donors (Lipinski definition) is 1. The maximum atomic E-state index is 13.9. The number of carbonyl (C=O) groups is 2. The fourth-order valence-electron chi connectivity index (χ4n) is 3.79. The zero-order chi connectivity index (χ0) is 28.8. The second-order valence-electron chi connectivity index (χ2n) is 9.73.